The van der Waals surface area contributed by atoms with Gasteiger partial charge in [0.2, 0.25) is 0 Å². The van der Waals surface area contributed by atoms with E-state index < -0.39 is 5.97 Å². The average Bonchev–Trinajstić information content (AvgIpc) is 3.29. The third-order valence-corrected chi connectivity index (χ3v) is 6.81. The molecule has 0 unspecified atom stereocenters. The van der Waals surface area contributed by atoms with Gasteiger partial charge < -0.3 is 19.5 Å². The van der Waals surface area contributed by atoms with Crippen LogP contribution in [0.25, 0.3) is 10.3 Å². The Labute approximate surface area is 190 Å². The molecule has 0 atom stereocenters. The number of rotatable bonds is 9. The van der Waals surface area contributed by atoms with Crippen molar-refractivity contribution in [2.24, 2.45) is 0 Å². The van der Waals surface area contributed by atoms with Crippen LogP contribution in [0.4, 0.5) is 0 Å². The molecule has 2 N–H and O–H groups in total. The minimum atomic E-state index is -0.956. The topological polar surface area (TPSA) is 84.6 Å². The predicted molar refractivity (Wildman–Crippen MR) is 126 cm³/mol. The minimum Gasteiger partial charge on any atom is -0.489 e. The first kappa shape index (κ1) is 22.0. The SMILES string of the molecule is CCCc1nc2c(C)c(CO)sc2n1Cc1ccc(OCc2ccccc2C(=O)O)cc1. The molecule has 0 aliphatic carbocycles. The first-order valence-corrected chi connectivity index (χ1v) is 11.4. The van der Waals surface area contributed by atoms with Crippen molar-refractivity contribution in [1.29, 1.82) is 0 Å². The zero-order chi connectivity index (χ0) is 22.7. The van der Waals surface area contributed by atoms with Gasteiger partial charge in [0.15, 0.2) is 0 Å². The van der Waals surface area contributed by atoms with Crippen LogP contribution in [0, 0.1) is 6.92 Å². The molecule has 0 aliphatic rings. The normalized spacial score (nSPS) is 11.2. The third-order valence-electron chi connectivity index (χ3n) is 5.52. The third kappa shape index (κ3) is 4.40. The number of aliphatic hydroxyl groups excluding tert-OH is 1. The van der Waals surface area contributed by atoms with Crippen molar-refractivity contribution in [2.45, 2.75) is 46.4 Å². The first-order valence-electron chi connectivity index (χ1n) is 10.6. The zero-order valence-electron chi connectivity index (χ0n) is 18.2. The summed E-state index contributed by atoms with van der Waals surface area (Å²) in [6, 6.07) is 14.7. The van der Waals surface area contributed by atoms with Gasteiger partial charge in [-0.1, -0.05) is 37.3 Å². The van der Waals surface area contributed by atoms with E-state index in [0.717, 1.165) is 45.0 Å². The smallest absolute Gasteiger partial charge is 0.336 e. The summed E-state index contributed by atoms with van der Waals surface area (Å²) in [5, 5.41) is 18.9. The molecular weight excluding hydrogens is 424 g/mol. The summed E-state index contributed by atoms with van der Waals surface area (Å²) in [7, 11) is 0. The number of nitrogens with zero attached hydrogens (tertiary/aromatic N) is 2. The maximum atomic E-state index is 11.4. The van der Waals surface area contributed by atoms with Crippen LogP contribution in [-0.4, -0.2) is 25.7 Å². The number of benzene rings is 2. The molecule has 0 saturated heterocycles. The Bertz CT molecular complexity index is 1240. The Morgan fingerprint density at radius 2 is 1.91 bits per heavy atom. The predicted octanol–water partition coefficient (Wildman–Crippen LogP) is 5.18. The van der Waals surface area contributed by atoms with Crippen molar-refractivity contribution in [2.75, 3.05) is 0 Å². The van der Waals surface area contributed by atoms with Crippen molar-refractivity contribution in [3.05, 3.63) is 81.5 Å². The lowest BCUT2D eigenvalue weighted by atomic mass is 10.1. The van der Waals surface area contributed by atoms with Gasteiger partial charge >= 0.3 is 5.97 Å². The highest BCUT2D eigenvalue weighted by Gasteiger charge is 2.18. The molecule has 0 bridgehead atoms. The van der Waals surface area contributed by atoms with E-state index in [1.165, 1.54) is 0 Å². The van der Waals surface area contributed by atoms with E-state index in [4.69, 9.17) is 9.72 Å². The van der Waals surface area contributed by atoms with Gasteiger partial charge in [0.05, 0.1) is 18.7 Å². The molecule has 2 aromatic carbocycles. The van der Waals surface area contributed by atoms with Gasteiger partial charge in [-0.3, -0.25) is 0 Å². The van der Waals surface area contributed by atoms with Gasteiger partial charge in [-0.15, -0.1) is 11.3 Å². The summed E-state index contributed by atoms with van der Waals surface area (Å²) in [6.07, 6.45) is 1.92. The van der Waals surface area contributed by atoms with E-state index in [1.807, 2.05) is 37.3 Å². The number of fused-ring (bicyclic) bond motifs is 1. The van der Waals surface area contributed by atoms with Crippen molar-refractivity contribution in [3.8, 4) is 5.75 Å². The van der Waals surface area contributed by atoms with E-state index in [-0.39, 0.29) is 18.8 Å². The van der Waals surface area contributed by atoms with Crippen molar-refractivity contribution in [1.82, 2.24) is 9.55 Å². The number of thiophene rings is 1. The molecule has 7 heteroatoms. The summed E-state index contributed by atoms with van der Waals surface area (Å²) in [6.45, 7) is 5.09. The van der Waals surface area contributed by atoms with Gasteiger partial charge in [0.25, 0.3) is 0 Å². The van der Waals surface area contributed by atoms with E-state index in [9.17, 15) is 15.0 Å². The Hall–Kier alpha value is -3.16. The number of aromatic carboxylic acids is 1. The highest BCUT2D eigenvalue weighted by atomic mass is 32.1. The zero-order valence-corrected chi connectivity index (χ0v) is 19.0. The summed E-state index contributed by atoms with van der Waals surface area (Å²) in [4.78, 5) is 18.3. The molecule has 0 aliphatic heterocycles. The van der Waals surface area contributed by atoms with Crippen LogP contribution < -0.4 is 4.74 Å². The van der Waals surface area contributed by atoms with Crippen LogP contribution in [0.3, 0.4) is 0 Å². The molecule has 2 aromatic heterocycles. The second kappa shape index (κ2) is 9.54. The van der Waals surface area contributed by atoms with Crippen LogP contribution >= 0.6 is 11.3 Å². The Morgan fingerprint density at radius 3 is 2.59 bits per heavy atom. The standard InChI is InChI=1S/C25H26N2O4S/c1-3-6-22-26-23-16(2)21(14-28)32-24(23)27(22)13-17-9-11-19(12-10-17)31-15-18-7-4-5-8-20(18)25(29)30/h4-5,7-12,28H,3,6,13-15H2,1-2H3,(H,29,30). The largest absolute Gasteiger partial charge is 0.489 e. The number of hydrogen-bond donors (Lipinski definition) is 2. The number of ether oxygens (including phenoxy) is 1. The monoisotopic (exact) mass is 450 g/mol. The van der Waals surface area contributed by atoms with Crippen LogP contribution in [0.2, 0.25) is 0 Å². The highest BCUT2D eigenvalue weighted by molar-refractivity contribution is 7.18. The summed E-state index contributed by atoms with van der Waals surface area (Å²) < 4.78 is 8.08. The number of imidazole rings is 1. The maximum absolute atomic E-state index is 11.4. The van der Waals surface area contributed by atoms with Crippen molar-refractivity contribution >= 4 is 27.7 Å². The Morgan fingerprint density at radius 1 is 1.16 bits per heavy atom. The molecule has 166 valence electrons. The number of aromatic nitrogens is 2. The lowest BCUT2D eigenvalue weighted by Gasteiger charge is -2.11. The van der Waals surface area contributed by atoms with Crippen molar-refractivity contribution in [3.63, 3.8) is 0 Å². The van der Waals surface area contributed by atoms with E-state index in [0.29, 0.717) is 17.9 Å². The molecule has 2 heterocycles. The van der Waals surface area contributed by atoms with E-state index >= 15 is 0 Å². The first-order chi connectivity index (χ1) is 15.5. The number of aryl methyl sites for hydroxylation is 2. The molecule has 4 aromatic rings. The number of carboxylic acids is 1. The Kier molecular flexibility index (Phi) is 6.58. The highest BCUT2D eigenvalue weighted by Crippen LogP contribution is 2.32. The fourth-order valence-electron chi connectivity index (χ4n) is 3.77. The molecule has 0 saturated carbocycles. The number of carbonyl (C=O) groups is 1. The quantitative estimate of drug-likeness (QED) is 0.367. The Balaban J connectivity index is 1.52. The van der Waals surface area contributed by atoms with Gasteiger partial charge in [0.1, 0.15) is 28.5 Å². The second-order valence-electron chi connectivity index (χ2n) is 7.72. The maximum Gasteiger partial charge on any atom is 0.336 e. The minimum absolute atomic E-state index is 0.0347. The molecular formula is C25H26N2O4S. The van der Waals surface area contributed by atoms with Crippen LogP contribution in [0.1, 0.15) is 51.1 Å². The fourth-order valence-corrected chi connectivity index (χ4v) is 4.90. The number of hydrogen-bond acceptors (Lipinski definition) is 5. The molecule has 32 heavy (non-hydrogen) atoms. The fraction of sp³-hybridized carbons (Fsp3) is 0.280. The van der Waals surface area contributed by atoms with Crippen LogP contribution in [0.15, 0.2) is 48.5 Å². The number of carboxylic acid groups (broad SMARTS) is 1. The summed E-state index contributed by atoms with van der Waals surface area (Å²) in [5.41, 5.74) is 4.07. The van der Waals surface area contributed by atoms with Crippen LogP contribution in [-0.2, 0) is 26.2 Å². The lowest BCUT2D eigenvalue weighted by molar-refractivity contribution is 0.0694. The van der Waals surface area contributed by atoms with Gasteiger partial charge in [-0.05, 0) is 42.7 Å². The van der Waals surface area contributed by atoms with Gasteiger partial charge in [-0.25, -0.2) is 9.78 Å². The second-order valence-corrected chi connectivity index (χ2v) is 8.80. The molecule has 6 nitrogen and oxygen atoms in total. The summed E-state index contributed by atoms with van der Waals surface area (Å²) in [5.74, 6) is 0.794. The summed E-state index contributed by atoms with van der Waals surface area (Å²) >= 11 is 1.61. The molecule has 0 spiro atoms. The molecule has 4 rings (SSSR count). The van der Waals surface area contributed by atoms with Crippen LogP contribution in [0.5, 0.6) is 5.75 Å². The lowest BCUT2D eigenvalue weighted by Crippen LogP contribution is -2.06. The number of aliphatic hydroxyl groups is 1. The average molecular weight is 451 g/mol. The van der Waals surface area contributed by atoms with E-state index in [2.05, 4.69) is 11.5 Å². The van der Waals surface area contributed by atoms with E-state index in [1.54, 1.807) is 29.5 Å². The van der Waals surface area contributed by atoms with Crippen molar-refractivity contribution < 1.29 is 19.7 Å². The van der Waals surface area contributed by atoms with Gasteiger partial charge in [-0.2, -0.15) is 0 Å². The molecule has 0 fully saturated rings. The van der Waals surface area contributed by atoms with Gasteiger partial charge in [0, 0.05) is 16.9 Å². The molecule has 0 amide bonds. The molecule has 0 radical (unpaired) electrons.